The number of nitrogens with one attached hydrogen (secondary N) is 3. The highest BCUT2D eigenvalue weighted by Crippen LogP contribution is 2.08. The number of hydrogen-bond donors (Lipinski definition) is 3. The lowest BCUT2D eigenvalue weighted by atomic mass is 10.2. The summed E-state index contributed by atoms with van der Waals surface area (Å²) in [5.41, 5.74) is 0.936. The SMILES string of the molecule is CCCCc1nc(C)cc(NCCNC(=O)[C@H]2CCC(=O)N2)n1. The van der Waals surface area contributed by atoms with Crippen LogP contribution in [0.4, 0.5) is 5.82 Å². The fraction of sp³-hybridized carbons (Fsp3) is 0.625. The smallest absolute Gasteiger partial charge is 0.242 e. The van der Waals surface area contributed by atoms with E-state index in [1.807, 2.05) is 13.0 Å². The third-order valence-corrected chi connectivity index (χ3v) is 3.70. The standard InChI is InChI=1S/C16H25N5O2/c1-3-4-5-13-19-11(2)10-14(21-13)17-8-9-18-16(23)12-6-7-15(22)20-12/h10,12H,3-9H2,1-2H3,(H,18,23)(H,20,22)(H,17,19,21)/t12-/m1/s1. The third-order valence-electron chi connectivity index (χ3n) is 3.70. The van der Waals surface area contributed by atoms with E-state index in [2.05, 4.69) is 32.8 Å². The number of rotatable bonds is 8. The average molecular weight is 319 g/mol. The van der Waals surface area contributed by atoms with Gasteiger partial charge in [-0.25, -0.2) is 9.97 Å². The average Bonchev–Trinajstić information content (AvgIpc) is 2.95. The Hall–Kier alpha value is -2.18. The van der Waals surface area contributed by atoms with Gasteiger partial charge >= 0.3 is 0 Å². The van der Waals surface area contributed by atoms with Crippen molar-refractivity contribution < 1.29 is 9.59 Å². The Kier molecular flexibility index (Phi) is 6.31. The van der Waals surface area contributed by atoms with E-state index in [1.165, 1.54) is 0 Å². The minimum atomic E-state index is -0.385. The maximum Gasteiger partial charge on any atom is 0.242 e. The van der Waals surface area contributed by atoms with E-state index >= 15 is 0 Å². The highest BCUT2D eigenvalue weighted by atomic mass is 16.2. The predicted molar refractivity (Wildman–Crippen MR) is 88.0 cm³/mol. The summed E-state index contributed by atoms with van der Waals surface area (Å²) in [6.45, 7) is 5.16. The van der Waals surface area contributed by atoms with E-state index in [1.54, 1.807) is 0 Å². The number of amides is 2. The Balaban J connectivity index is 1.74. The number of aryl methyl sites for hydroxylation is 2. The van der Waals surface area contributed by atoms with Gasteiger partial charge in [-0.1, -0.05) is 13.3 Å². The molecular weight excluding hydrogens is 294 g/mol. The Labute approximate surface area is 136 Å². The molecule has 1 aliphatic rings. The van der Waals surface area contributed by atoms with Crippen LogP contribution in [0.5, 0.6) is 0 Å². The van der Waals surface area contributed by atoms with E-state index in [0.29, 0.717) is 25.9 Å². The minimum absolute atomic E-state index is 0.0562. The van der Waals surface area contributed by atoms with Crippen molar-refractivity contribution >= 4 is 17.6 Å². The highest BCUT2D eigenvalue weighted by molar-refractivity contribution is 5.90. The molecule has 2 heterocycles. The molecule has 3 N–H and O–H groups in total. The van der Waals surface area contributed by atoms with Crippen LogP contribution in [0.1, 0.15) is 44.1 Å². The van der Waals surface area contributed by atoms with E-state index in [9.17, 15) is 9.59 Å². The van der Waals surface area contributed by atoms with Gasteiger partial charge in [-0.05, 0) is 19.8 Å². The summed E-state index contributed by atoms with van der Waals surface area (Å²) in [5, 5.41) is 8.68. The minimum Gasteiger partial charge on any atom is -0.368 e. The Bertz CT molecular complexity index is 561. The molecule has 0 saturated carbocycles. The molecular formula is C16H25N5O2. The lowest BCUT2D eigenvalue weighted by molar-refractivity contribution is -0.125. The summed E-state index contributed by atoms with van der Waals surface area (Å²) >= 11 is 0. The predicted octanol–water partition coefficient (Wildman–Crippen LogP) is 0.934. The zero-order valence-corrected chi connectivity index (χ0v) is 13.8. The van der Waals surface area contributed by atoms with Crippen molar-refractivity contribution in [1.29, 1.82) is 0 Å². The van der Waals surface area contributed by atoms with Crippen LogP contribution < -0.4 is 16.0 Å². The molecule has 0 aliphatic carbocycles. The molecule has 2 amide bonds. The topological polar surface area (TPSA) is 96.0 Å². The highest BCUT2D eigenvalue weighted by Gasteiger charge is 2.26. The maximum atomic E-state index is 11.8. The summed E-state index contributed by atoms with van der Waals surface area (Å²) in [5.74, 6) is 1.46. The van der Waals surface area contributed by atoms with Crippen molar-refractivity contribution in [2.24, 2.45) is 0 Å². The zero-order chi connectivity index (χ0) is 16.7. The lowest BCUT2D eigenvalue weighted by Gasteiger charge is -2.12. The zero-order valence-electron chi connectivity index (χ0n) is 13.8. The second kappa shape index (κ2) is 8.45. The van der Waals surface area contributed by atoms with Crippen LogP contribution in [0.15, 0.2) is 6.07 Å². The Morgan fingerprint density at radius 2 is 2.22 bits per heavy atom. The molecule has 23 heavy (non-hydrogen) atoms. The van der Waals surface area contributed by atoms with Crippen LogP contribution >= 0.6 is 0 Å². The molecule has 126 valence electrons. The van der Waals surface area contributed by atoms with Crippen LogP contribution in [0.3, 0.4) is 0 Å². The summed E-state index contributed by atoms with van der Waals surface area (Å²) in [7, 11) is 0. The third kappa shape index (κ3) is 5.50. The summed E-state index contributed by atoms with van der Waals surface area (Å²) in [6.07, 6.45) is 4.07. The molecule has 0 radical (unpaired) electrons. The van der Waals surface area contributed by atoms with Crippen molar-refractivity contribution in [3.05, 3.63) is 17.6 Å². The summed E-state index contributed by atoms with van der Waals surface area (Å²) in [4.78, 5) is 31.9. The lowest BCUT2D eigenvalue weighted by Crippen LogP contribution is -2.43. The number of anilines is 1. The van der Waals surface area contributed by atoms with Gasteiger partial charge in [-0.2, -0.15) is 0 Å². The first-order chi connectivity index (χ1) is 11.1. The number of unbranched alkanes of at least 4 members (excludes halogenated alkanes) is 1. The van der Waals surface area contributed by atoms with Gasteiger partial charge in [0, 0.05) is 37.7 Å². The maximum absolute atomic E-state index is 11.8. The Morgan fingerprint density at radius 3 is 2.91 bits per heavy atom. The van der Waals surface area contributed by atoms with Gasteiger partial charge in [0.05, 0.1) is 0 Å². The molecule has 2 rings (SSSR count). The number of aromatic nitrogens is 2. The molecule has 1 aromatic heterocycles. The first-order valence-corrected chi connectivity index (χ1v) is 8.24. The van der Waals surface area contributed by atoms with Crippen molar-refractivity contribution in [3.63, 3.8) is 0 Å². The molecule has 0 bridgehead atoms. The molecule has 1 atom stereocenters. The van der Waals surface area contributed by atoms with Crippen LogP contribution in [0.25, 0.3) is 0 Å². The molecule has 1 aromatic rings. The van der Waals surface area contributed by atoms with Gasteiger partial charge in [-0.15, -0.1) is 0 Å². The van der Waals surface area contributed by atoms with Crippen LogP contribution in [0, 0.1) is 6.92 Å². The molecule has 7 heteroatoms. The fourth-order valence-corrected chi connectivity index (χ4v) is 2.48. The molecule has 0 aromatic carbocycles. The number of carbonyl (C=O) groups is 2. The van der Waals surface area contributed by atoms with Gasteiger partial charge < -0.3 is 16.0 Å². The first-order valence-electron chi connectivity index (χ1n) is 8.24. The van der Waals surface area contributed by atoms with E-state index in [0.717, 1.165) is 36.6 Å². The second-order valence-corrected chi connectivity index (χ2v) is 5.79. The summed E-state index contributed by atoms with van der Waals surface area (Å²) in [6, 6.07) is 1.51. The normalized spacial score (nSPS) is 17.0. The van der Waals surface area contributed by atoms with Crippen LogP contribution in [0.2, 0.25) is 0 Å². The van der Waals surface area contributed by atoms with Crippen LogP contribution in [-0.2, 0) is 16.0 Å². The quantitative estimate of drug-likeness (QED) is 0.620. The molecule has 1 aliphatic heterocycles. The molecule has 1 saturated heterocycles. The Morgan fingerprint density at radius 1 is 1.39 bits per heavy atom. The number of nitrogens with zero attached hydrogens (tertiary/aromatic N) is 2. The van der Waals surface area contributed by atoms with Crippen molar-refractivity contribution in [1.82, 2.24) is 20.6 Å². The van der Waals surface area contributed by atoms with Gasteiger partial charge in [0.25, 0.3) is 0 Å². The van der Waals surface area contributed by atoms with Gasteiger partial charge in [-0.3, -0.25) is 9.59 Å². The molecule has 7 nitrogen and oxygen atoms in total. The molecule has 1 fully saturated rings. The van der Waals surface area contributed by atoms with Crippen molar-refractivity contribution in [3.8, 4) is 0 Å². The van der Waals surface area contributed by atoms with Gasteiger partial charge in [0.15, 0.2) is 0 Å². The van der Waals surface area contributed by atoms with Crippen LogP contribution in [-0.4, -0.2) is 40.9 Å². The van der Waals surface area contributed by atoms with Gasteiger partial charge in [0.2, 0.25) is 11.8 Å². The van der Waals surface area contributed by atoms with Crippen molar-refractivity contribution in [2.45, 2.75) is 52.0 Å². The van der Waals surface area contributed by atoms with E-state index < -0.39 is 0 Å². The van der Waals surface area contributed by atoms with Gasteiger partial charge in [0.1, 0.15) is 17.7 Å². The number of carbonyl (C=O) groups excluding carboxylic acids is 2. The number of hydrogen-bond acceptors (Lipinski definition) is 5. The van der Waals surface area contributed by atoms with Crippen molar-refractivity contribution in [2.75, 3.05) is 18.4 Å². The second-order valence-electron chi connectivity index (χ2n) is 5.79. The van der Waals surface area contributed by atoms with E-state index in [-0.39, 0.29) is 17.9 Å². The molecule has 0 spiro atoms. The molecule has 0 unspecified atom stereocenters. The monoisotopic (exact) mass is 319 g/mol. The van der Waals surface area contributed by atoms with E-state index in [4.69, 9.17) is 0 Å². The summed E-state index contributed by atoms with van der Waals surface area (Å²) < 4.78 is 0. The first kappa shape index (κ1) is 17.2. The fourth-order valence-electron chi connectivity index (χ4n) is 2.48. The largest absolute Gasteiger partial charge is 0.368 e.